The molecule has 1 aromatic heterocycles. The number of ketones is 1. The second-order valence-corrected chi connectivity index (χ2v) is 14.8. The molecule has 1 unspecified atom stereocenters. The maximum absolute atomic E-state index is 14.3. The predicted molar refractivity (Wildman–Crippen MR) is 211 cm³/mol. The Kier molecular flexibility index (Phi) is 21.7. The maximum Gasteiger partial charge on any atom is 0.310 e. The van der Waals surface area contributed by atoms with Crippen molar-refractivity contribution in [3.8, 4) is 17.6 Å². The highest BCUT2D eigenvalue weighted by molar-refractivity contribution is 5.87. The number of hydrogen-bond acceptors (Lipinski definition) is 9. The summed E-state index contributed by atoms with van der Waals surface area (Å²) in [4.78, 5) is 56.3. The van der Waals surface area contributed by atoms with E-state index in [4.69, 9.17) is 18.6 Å². The summed E-state index contributed by atoms with van der Waals surface area (Å²) in [5, 5.41) is 3.11. The van der Waals surface area contributed by atoms with E-state index in [1.165, 1.54) is 26.2 Å². The van der Waals surface area contributed by atoms with E-state index in [-0.39, 0.29) is 19.6 Å². The Morgan fingerprint density at radius 2 is 1.63 bits per heavy atom. The lowest BCUT2D eigenvalue weighted by molar-refractivity contribution is -0.164. The molecule has 0 aliphatic carbocycles. The van der Waals surface area contributed by atoms with E-state index in [9.17, 15) is 19.2 Å². The van der Waals surface area contributed by atoms with Gasteiger partial charge in [0.25, 0.3) is 0 Å². The molecule has 54 heavy (non-hydrogen) atoms. The van der Waals surface area contributed by atoms with E-state index in [1.807, 2.05) is 30.3 Å². The molecule has 1 heterocycles. The van der Waals surface area contributed by atoms with Gasteiger partial charge in [0, 0.05) is 26.2 Å². The second-order valence-electron chi connectivity index (χ2n) is 14.8. The van der Waals surface area contributed by atoms with Crippen molar-refractivity contribution in [2.75, 3.05) is 13.2 Å². The van der Waals surface area contributed by atoms with E-state index < -0.39 is 41.3 Å². The van der Waals surface area contributed by atoms with Crippen LogP contribution >= 0.6 is 0 Å². The van der Waals surface area contributed by atoms with Gasteiger partial charge in [0.15, 0.2) is 0 Å². The number of ether oxygens (including phenoxy) is 3. The lowest BCUT2D eigenvalue weighted by Gasteiger charge is -2.28. The molecule has 298 valence electrons. The Labute approximate surface area is 323 Å². The highest BCUT2D eigenvalue weighted by Crippen LogP contribution is 2.27. The molecule has 0 radical (unpaired) electrons. The number of benzene rings is 1. The summed E-state index contributed by atoms with van der Waals surface area (Å²) in [6.45, 7) is 12.6. The summed E-state index contributed by atoms with van der Waals surface area (Å²) >= 11 is 0. The zero-order valence-corrected chi connectivity index (χ0v) is 33.8. The van der Waals surface area contributed by atoms with Gasteiger partial charge in [-0.3, -0.25) is 19.2 Å². The molecule has 0 aliphatic heterocycles. The van der Waals surface area contributed by atoms with Gasteiger partial charge in [-0.2, -0.15) is 0 Å². The van der Waals surface area contributed by atoms with Gasteiger partial charge < -0.3 is 23.9 Å². The first-order valence-electron chi connectivity index (χ1n) is 19.7. The number of oxazole rings is 1. The monoisotopic (exact) mass is 748 g/mol. The number of nitrogens with zero attached hydrogens (tertiary/aromatic N) is 1. The van der Waals surface area contributed by atoms with Gasteiger partial charge in [0.2, 0.25) is 11.8 Å². The van der Waals surface area contributed by atoms with Crippen LogP contribution in [0.5, 0.6) is 5.75 Å². The minimum atomic E-state index is -0.931. The number of carbonyl (C=O) groups is 4. The first kappa shape index (κ1) is 45.8. The summed E-state index contributed by atoms with van der Waals surface area (Å²) in [5.41, 5.74) is 0.110. The molecule has 1 amide bonds. The standard InChI is InChI=1S/C44H64N2O8/c1-8-10-12-15-18-21-36(48)22-19-16-13-14-17-20-23-38(39(28-30-51-34(4)47)43(50)54-44(5,6)7)41(49)46-40(42-45-32-33(3)53-42)31-35-24-26-37(27-25-35)52-29-11-9-2/h20,23-27,32,38-40H,8,10,12-19,21-22,28-31H2,1-7H3,(H,46,49)/b23-20+/t38-,39?,40-/m0/s1. The van der Waals surface area contributed by atoms with Crippen LogP contribution in [-0.2, 0) is 35.1 Å². The average Bonchev–Trinajstić information content (AvgIpc) is 3.55. The van der Waals surface area contributed by atoms with Crippen molar-refractivity contribution in [1.82, 2.24) is 10.3 Å². The number of esters is 2. The van der Waals surface area contributed by atoms with Crippen molar-refractivity contribution in [2.45, 2.75) is 150 Å². The van der Waals surface area contributed by atoms with Gasteiger partial charge >= 0.3 is 11.9 Å². The van der Waals surface area contributed by atoms with Crippen molar-refractivity contribution in [3.63, 3.8) is 0 Å². The van der Waals surface area contributed by atoms with E-state index in [1.54, 1.807) is 46.9 Å². The normalized spacial score (nSPS) is 13.0. The number of nitrogens with one attached hydrogen (secondary N) is 1. The first-order chi connectivity index (χ1) is 25.8. The van der Waals surface area contributed by atoms with Crippen molar-refractivity contribution in [1.29, 1.82) is 0 Å². The number of rotatable bonds is 26. The van der Waals surface area contributed by atoms with Gasteiger partial charge in [-0.25, -0.2) is 4.98 Å². The molecule has 2 rings (SSSR count). The Morgan fingerprint density at radius 3 is 2.22 bits per heavy atom. The number of amides is 1. The number of aryl methyl sites for hydroxylation is 1. The quantitative estimate of drug-likeness (QED) is 0.0433. The molecule has 3 atom stereocenters. The number of Topliss-reactive ketones (excluding diaryl/α,β-unsaturated/α-hetero) is 1. The summed E-state index contributed by atoms with van der Waals surface area (Å²) < 4.78 is 22.6. The van der Waals surface area contributed by atoms with Gasteiger partial charge in [0.05, 0.1) is 24.6 Å². The molecule has 1 N–H and O–H groups in total. The first-order valence-corrected chi connectivity index (χ1v) is 19.7. The zero-order chi connectivity index (χ0) is 39.8. The predicted octanol–water partition coefficient (Wildman–Crippen LogP) is 9.14. The fraction of sp³-hybridized carbons (Fsp3) is 0.614. The molecule has 0 bridgehead atoms. The molecule has 0 saturated heterocycles. The Morgan fingerprint density at radius 1 is 0.963 bits per heavy atom. The molecule has 0 aliphatic rings. The average molecular weight is 749 g/mol. The fourth-order valence-electron chi connectivity index (χ4n) is 5.94. The molecule has 10 heteroatoms. The number of aromatic nitrogens is 1. The highest BCUT2D eigenvalue weighted by atomic mass is 16.6. The van der Waals surface area contributed by atoms with Crippen LogP contribution in [0.2, 0.25) is 0 Å². The maximum atomic E-state index is 14.3. The van der Waals surface area contributed by atoms with E-state index >= 15 is 0 Å². The van der Waals surface area contributed by atoms with Gasteiger partial charge in [0.1, 0.15) is 35.5 Å². The van der Waals surface area contributed by atoms with Crippen LogP contribution in [0.3, 0.4) is 0 Å². The zero-order valence-electron chi connectivity index (χ0n) is 33.8. The van der Waals surface area contributed by atoms with Crippen LogP contribution in [-0.4, -0.2) is 47.4 Å². The number of hydrogen-bond donors (Lipinski definition) is 1. The molecule has 0 saturated carbocycles. The summed E-state index contributed by atoms with van der Waals surface area (Å²) in [5.74, 6) is 4.35. The number of allylic oxidation sites excluding steroid dienone is 1. The van der Waals surface area contributed by atoms with Crippen LogP contribution in [0.4, 0.5) is 0 Å². The number of carbonyl (C=O) groups excluding carboxylic acids is 4. The molecular formula is C44H64N2O8. The molecule has 2 aromatic rings. The smallest absolute Gasteiger partial charge is 0.310 e. The lowest BCUT2D eigenvalue weighted by atomic mass is 9.87. The largest absolute Gasteiger partial charge is 0.481 e. The van der Waals surface area contributed by atoms with Crippen molar-refractivity contribution in [2.24, 2.45) is 11.8 Å². The van der Waals surface area contributed by atoms with Crippen molar-refractivity contribution < 1.29 is 37.8 Å². The number of unbranched alkanes of at least 4 members (excludes halogenated alkanes) is 8. The lowest BCUT2D eigenvalue weighted by Crippen LogP contribution is -2.42. The third kappa shape index (κ3) is 19.6. The van der Waals surface area contributed by atoms with Crippen LogP contribution in [0.1, 0.15) is 148 Å². The van der Waals surface area contributed by atoms with Crippen LogP contribution in [0, 0.1) is 30.6 Å². The summed E-state index contributed by atoms with van der Waals surface area (Å²) in [7, 11) is 0. The van der Waals surface area contributed by atoms with Crippen molar-refractivity contribution in [3.05, 3.63) is 59.8 Å². The molecular weight excluding hydrogens is 684 g/mol. The second kappa shape index (κ2) is 25.6. The minimum absolute atomic E-state index is 0.0467. The van der Waals surface area contributed by atoms with E-state index in [0.717, 1.165) is 44.1 Å². The summed E-state index contributed by atoms with van der Waals surface area (Å²) in [6.07, 6.45) is 17.2. The van der Waals surface area contributed by atoms with Crippen molar-refractivity contribution >= 4 is 23.6 Å². The fourth-order valence-corrected chi connectivity index (χ4v) is 5.94. The SMILES string of the molecule is CC#CCOc1ccc(C[C@H](NC(=O)[C@@H](/C=C/CCCCCCC(=O)CCCCCCC)C(CCOC(C)=O)C(=O)OC(C)(C)C)c2ncc(C)o2)cc1. The Hall–Kier alpha value is -4.39. The minimum Gasteiger partial charge on any atom is -0.481 e. The van der Waals surface area contributed by atoms with E-state index in [2.05, 4.69) is 29.1 Å². The third-order valence-electron chi connectivity index (χ3n) is 8.76. The third-order valence-corrected chi connectivity index (χ3v) is 8.76. The molecule has 0 spiro atoms. The van der Waals surface area contributed by atoms with Crippen LogP contribution in [0.15, 0.2) is 47.0 Å². The molecule has 0 fully saturated rings. The molecule has 10 nitrogen and oxygen atoms in total. The van der Waals surface area contributed by atoms with Crippen LogP contribution < -0.4 is 10.1 Å². The topological polar surface area (TPSA) is 134 Å². The molecule has 1 aromatic carbocycles. The van der Waals surface area contributed by atoms with Gasteiger partial charge in [-0.15, -0.1) is 5.92 Å². The van der Waals surface area contributed by atoms with Crippen LogP contribution in [0.25, 0.3) is 0 Å². The Balaban J connectivity index is 2.21. The van der Waals surface area contributed by atoms with E-state index in [0.29, 0.717) is 48.9 Å². The Bertz CT molecular complexity index is 1510. The highest BCUT2D eigenvalue weighted by Gasteiger charge is 2.36. The van der Waals surface area contributed by atoms with Gasteiger partial charge in [-0.1, -0.05) is 75.7 Å². The van der Waals surface area contributed by atoms with Gasteiger partial charge in [-0.05, 0) is 84.4 Å². The summed E-state index contributed by atoms with van der Waals surface area (Å²) in [6, 6.07) is 6.87.